The van der Waals surface area contributed by atoms with Crippen molar-refractivity contribution in [3.05, 3.63) is 0 Å². The summed E-state index contributed by atoms with van der Waals surface area (Å²) in [7, 11) is 1.19. The van der Waals surface area contributed by atoms with Crippen LogP contribution in [0.15, 0.2) is 0 Å². The van der Waals surface area contributed by atoms with Crippen LogP contribution in [0.3, 0.4) is 0 Å². The van der Waals surface area contributed by atoms with Crippen LogP contribution in [0.1, 0.15) is 13.8 Å². The van der Waals surface area contributed by atoms with E-state index < -0.39 is 35.2 Å². The van der Waals surface area contributed by atoms with E-state index >= 15 is 0 Å². The minimum absolute atomic E-state index is 0.121. The highest BCUT2D eigenvalue weighted by Crippen LogP contribution is 2.31. The highest BCUT2D eigenvalue weighted by Gasteiger charge is 2.46. The zero-order chi connectivity index (χ0) is 16.2. The predicted octanol–water partition coefficient (Wildman–Crippen LogP) is 0.430. The fraction of sp³-hybridized carbons (Fsp3) is 0.667. The molecule has 3 atom stereocenters. The standard InChI is InChI=1S/C12H17NO6S2/c1-6(4-20-7(2)14)9(15)13-8(12(18)19-3)5-21-10(13)11(16)17/h6,8,10H,4-5H2,1-3H3,(H,16,17)/t6-,8?,10+/m1/s1. The number of carboxylic acid groups (broad SMARTS) is 1. The Balaban J connectivity index is 2.89. The van der Waals surface area contributed by atoms with Crippen molar-refractivity contribution in [1.82, 2.24) is 4.90 Å². The van der Waals surface area contributed by atoms with Gasteiger partial charge in [0.05, 0.1) is 7.11 Å². The van der Waals surface area contributed by atoms with Crippen LogP contribution in [-0.4, -0.2) is 63.0 Å². The number of hydrogen-bond acceptors (Lipinski definition) is 7. The van der Waals surface area contributed by atoms with Crippen LogP contribution in [0.2, 0.25) is 0 Å². The van der Waals surface area contributed by atoms with Crippen LogP contribution in [0.4, 0.5) is 0 Å². The molecular formula is C12H17NO6S2. The van der Waals surface area contributed by atoms with Crippen molar-refractivity contribution in [1.29, 1.82) is 0 Å². The minimum Gasteiger partial charge on any atom is -0.479 e. The lowest BCUT2D eigenvalue weighted by molar-refractivity contribution is -0.156. The first-order valence-corrected chi connectivity index (χ1v) is 8.20. The van der Waals surface area contributed by atoms with Gasteiger partial charge >= 0.3 is 11.9 Å². The van der Waals surface area contributed by atoms with E-state index in [9.17, 15) is 24.3 Å². The quantitative estimate of drug-likeness (QED) is 0.722. The van der Waals surface area contributed by atoms with Crippen molar-refractivity contribution in [2.75, 3.05) is 18.6 Å². The maximum atomic E-state index is 12.4. The molecule has 7 nitrogen and oxygen atoms in total. The number of nitrogens with zero attached hydrogens (tertiary/aromatic N) is 1. The molecule has 1 fully saturated rings. The zero-order valence-corrected chi connectivity index (χ0v) is 13.5. The molecule has 0 aromatic carbocycles. The number of thioether (sulfide) groups is 2. The van der Waals surface area contributed by atoms with Crippen molar-refractivity contribution in [2.24, 2.45) is 5.92 Å². The monoisotopic (exact) mass is 335 g/mol. The zero-order valence-electron chi connectivity index (χ0n) is 11.9. The van der Waals surface area contributed by atoms with E-state index in [0.717, 1.165) is 28.4 Å². The van der Waals surface area contributed by atoms with E-state index in [1.807, 2.05) is 0 Å². The Morgan fingerprint density at radius 3 is 2.52 bits per heavy atom. The topological polar surface area (TPSA) is 101 Å². The summed E-state index contributed by atoms with van der Waals surface area (Å²) in [5.41, 5.74) is 0. The Morgan fingerprint density at radius 1 is 1.43 bits per heavy atom. The third-order valence-electron chi connectivity index (χ3n) is 2.90. The van der Waals surface area contributed by atoms with Crippen LogP contribution >= 0.6 is 23.5 Å². The fourth-order valence-electron chi connectivity index (χ4n) is 1.85. The Hall–Kier alpha value is -1.22. The summed E-state index contributed by atoms with van der Waals surface area (Å²) in [4.78, 5) is 47.4. The summed E-state index contributed by atoms with van der Waals surface area (Å²) in [5, 5.41) is 7.95. The van der Waals surface area contributed by atoms with Gasteiger partial charge in [-0.05, 0) is 0 Å². The molecule has 21 heavy (non-hydrogen) atoms. The first-order valence-electron chi connectivity index (χ1n) is 6.17. The van der Waals surface area contributed by atoms with Gasteiger partial charge in [0.1, 0.15) is 6.04 Å². The van der Waals surface area contributed by atoms with E-state index in [4.69, 9.17) is 0 Å². The second-order valence-corrected chi connectivity index (χ2v) is 6.82. The molecule has 0 radical (unpaired) electrons. The first kappa shape index (κ1) is 17.8. The maximum Gasteiger partial charge on any atom is 0.337 e. The third kappa shape index (κ3) is 4.37. The molecule has 0 aromatic heterocycles. The summed E-state index contributed by atoms with van der Waals surface area (Å²) in [6.07, 6.45) is 0. The summed E-state index contributed by atoms with van der Waals surface area (Å²) in [6.45, 7) is 3.00. The van der Waals surface area contributed by atoms with Crippen LogP contribution in [-0.2, 0) is 23.9 Å². The van der Waals surface area contributed by atoms with Gasteiger partial charge in [-0.1, -0.05) is 18.7 Å². The Kier molecular flexibility index (Phi) is 6.53. The van der Waals surface area contributed by atoms with E-state index in [0.29, 0.717) is 0 Å². The molecule has 1 N–H and O–H groups in total. The molecule has 1 rings (SSSR count). The summed E-state index contributed by atoms with van der Waals surface area (Å²) in [6, 6.07) is -0.904. The normalized spacial score (nSPS) is 22.7. The maximum absolute atomic E-state index is 12.4. The van der Waals surface area contributed by atoms with Gasteiger partial charge in [0, 0.05) is 24.3 Å². The second-order valence-electron chi connectivity index (χ2n) is 4.51. The number of carbonyl (C=O) groups excluding carboxylic acids is 3. The third-order valence-corrected chi connectivity index (χ3v) is 5.22. The van der Waals surface area contributed by atoms with Gasteiger partial charge in [-0.2, -0.15) is 0 Å². The first-order chi connectivity index (χ1) is 9.79. The molecule has 0 spiro atoms. The number of carboxylic acids is 1. The molecule has 9 heteroatoms. The number of aliphatic carboxylic acids is 1. The van der Waals surface area contributed by atoms with Gasteiger partial charge in [0.2, 0.25) is 5.91 Å². The summed E-state index contributed by atoms with van der Waals surface area (Å²) >= 11 is 2.01. The number of rotatable bonds is 5. The molecule has 1 aliphatic heterocycles. The summed E-state index contributed by atoms with van der Waals surface area (Å²) in [5.74, 6) is -2.40. The van der Waals surface area contributed by atoms with Gasteiger partial charge in [-0.15, -0.1) is 11.8 Å². The molecule has 1 heterocycles. The number of methoxy groups -OCH3 is 1. The van der Waals surface area contributed by atoms with Crippen molar-refractivity contribution < 1.29 is 29.0 Å². The molecule has 0 aliphatic carbocycles. The molecule has 118 valence electrons. The van der Waals surface area contributed by atoms with Crippen molar-refractivity contribution in [3.63, 3.8) is 0 Å². The van der Waals surface area contributed by atoms with E-state index in [2.05, 4.69) is 4.74 Å². The van der Waals surface area contributed by atoms with Crippen molar-refractivity contribution >= 4 is 46.5 Å². The number of amides is 1. The largest absolute Gasteiger partial charge is 0.479 e. The van der Waals surface area contributed by atoms with E-state index in [1.165, 1.54) is 14.0 Å². The van der Waals surface area contributed by atoms with E-state index in [-0.39, 0.29) is 16.6 Å². The SMILES string of the molecule is COC(=O)C1CS[C@@H](C(=O)O)N1C(=O)[C@H](C)CSC(C)=O. The van der Waals surface area contributed by atoms with E-state index in [1.54, 1.807) is 6.92 Å². The Bertz CT molecular complexity index is 455. The second kappa shape index (κ2) is 7.69. The molecular weight excluding hydrogens is 318 g/mol. The molecule has 0 saturated carbocycles. The van der Waals surface area contributed by atoms with Gasteiger partial charge in [-0.3, -0.25) is 9.59 Å². The minimum atomic E-state index is -1.17. The lowest BCUT2D eigenvalue weighted by atomic mass is 10.1. The molecule has 0 bridgehead atoms. The number of hydrogen-bond donors (Lipinski definition) is 1. The average Bonchev–Trinajstić information content (AvgIpc) is 2.87. The molecule has 0 aromatic rings. The number of ether oxygens (including phenoxy) is 1. The van der Waals surface area contributed by atoms with Gasteiger partial charge in [0.25, 0.3) is 0 Å². The lowest BCUT2D eigenvalue weighted by Gasteiger charge is -2.28. The highest BCUT2D eigenvalue weighted by atomic mass is 32.2. The van der Waals surface area contributed by atoms with Crippen LogP contribution < -0.4 is 0 Å². The lowest BCUT2D eigenvalue weighted by Crippen LogP contribution is -2.50. The van der Waals surface area contributed by atoms with Crippen LogP contribution in [0.5, 0.6) is 0 Å². The number of esters is 1. The molecule has 1 saturated heterocycles. The van der Waals surface area contributed by atoms with Gasteiger partial charge < -0.3 is 14.7 Å². The Morgan fingerprint density at radius 2 is 2.05 bits per heavy atom. The van der Waals surface area contributed by atoms with Gasteiger partial charge in [-0.25, -0.2) is 9.59 Å². The molecule has 1 amide bonds. The molecule has 1 aliphatic rings. The number of carbonyl (C=O) groups is 4. The Labute approximate surface area is 130 Å². The van der Waals surface area contributed by atoms with Crippen LogP contribution in [0.25, 0.3) is 0 Å². The molecule has 1 unspecified atom stereocenters. The van der Waals surface area contributed by atoms with Crippen molar-refractivity contribution in [2.45, 2.75) is 25.3 Å². The predicted molar refractivity (Wildman–Crippen MR) is 78.8 cm³/mol. The smallest absolute Gasteiger partial charge is 0.337 e. The average molecular weight is 335 g/mol. The van der Waals surface area contributed by atoms with Crippen molar-refractivity contribution in [3.8, 4) is 0 Å². The fourth-order valence-corrected chi connectivity index (χ4v) is 3.69. The highest BCUT2D eigenvalue weighted by molar-refractivity contribution is 8.13. The summed E-state index contributed by atoms with van der Waals surface area (Å²) < 4.78 is 4.62. The van der Waals surface area contributed by atoms with Gasteiger partial charge in [0.15, 0.2) is 10.5 Å². The van der Waals surface area contributed by atoms with Crippen LogP contribution in [0, 0.1) is 5.92 Å².